The normalized spacial score (nSPS) is 10.3. The predicted molar refractivity (Wildman–Crippen MR) is 115 cm³/mol. The number of ether oxygens (including phenoxy) is 1. The number of hydrogen-bond donors (Lipinski definition) is 2. The third kappa shape index (κ3) is 4.62. The van der Waals surface area contributed by atoms with Crippen LogP contribution in [-0.4, -0.2) is 10.9 Å². The highest BCUT2D eigenvalue weighted by molar-refractivity contribution is 6.04. The number of carbonyl (C=O) groups excluding carboxylic acids is 1. The van der Waals surface area contributed by atoms with Crippen LogP contribution in [0.4, 0.5) is 21.6 Å². The molecule has 0 aliphatic carbocycles. The molecule has 1 amide bonds. The summed E-state index contributed by atoms with van der Waals surface area (Å²) in [7, 11) is 0. The van der Waals surface area contributed by atoms with Crippen LogP contribution in [0, 0.1) is 5.82 Å². The molecule has 0 spiro atoms. The SMILES string of the molecule is O=C(Nc1ccc(Nc2ccccc2Oc2ccccc2)nc1)c1ccccc1F. The molecule has 0 atom stereocenters. The highest BCUT2D eigenvalue weighted by Crippen LogP contribution is 2.31. The Kier molecular flexibility index (Phi) is 5.66. The van der Waals surface area contributed by atoms with Crippen molar-refractivity contribution in [3.8, 4) is 11.5 Å². The number of halogens is 1. The van der Waals surface area contributed by atoms with E-state index in [1.165, 1.54) is 24.4 Å². The predicted octanol–water partition coefficient (Wildman–Crippen LogP) is 6.01. The van der Waals surface area contributed by atoms with Gasteiger partial charge in [-0.15, -0.1) is 0 Å². The van der Waals surface area contributed by atoms with Gasteiger partial charge in [0.1, 0.15) is 17.4 Å². The highest BCUT2D eigenvalue weighted by Gasteiger charge is 2.11. The van der Waals surface area contributed by atoms with Crippen molar-refractivity contribution in [3.05, 3.63) is 109 Å². The number of nitrogens with one attached hydrogen (secondary N) is 2. The first-order valence-corrected chi connectivity index (χ1v) is 9.30. The maximum absolute atomic E-state index is 13.7. The Morgan fingerprint density at radius 1 is 0.833 bits per heavy atom. The smallest absolute Gasteiger partial charge is 0.258 e. The van der Waals surface area contributed by atoms with Gasteiger partial charge in [-0.2, -0.15) is 0 Å². The minimum atomic E-state index is -0.573. The molecule has 30 heavy (non-hydrogen) atoms. The molecule has 148 valence electrons. The highest BCUT2D eigenvalue weighted by atomic mass is 19.1. The first-order chi connectivity index (χ1) is 14.7. The third-order valence-corrected chi connectivity index (χ3v) is 4.26. The van der Waals surface area contributed by atoms with Crippen molar-refractivity contribution >= 4 is 23.1 Å². The number of aromatic nitrogens is 1. The lowest BCUT2D eigenvalue weighted by molar-refractivity contribution is 0.102. The number of para-hydroxylation sites is 3. The number of amides is 1. The molecule has 3 aromatic carbocycles. The van der Waals surface area contributed by atoms with E-state index < -0.39 is 11.7 Å². The fourth-order valence-electron chi connectivity index (χ4n) is 2.80. The lowest BCUT2D eigenvalue weighted by atomic mass is 10.2. The molecule has 6 heteroatoms. The Hall–Kier alpha value is -4.19. The van der Waals surface area contributed by atoms with Crippen LogP contribution in [0.1, 0.15) is 10.4 Å². The van der Waals surface area contributed by atoms with E-state index in [0.29, 0.717) is 17.3 Å². The Bertz CT molecular complexity index is 1150. The van der Waals surface area contributed by atoms with Crippen molar-refractivity contribution in [1.29, 1.82) is 0 Å². The average molecular weight is 399 g/mol. The van der Waals surface area contributed by atoms with Crippen molar-refractivity contribution < 1.29 is 13.9 Å². The molecule has 0 bridgehead atoms. The Labute approximate surface area is 173 Å². The Morgan fingerprint density at radius 3 is 2.33 bits per heavy atom. The van der Waals surface area contributed by atoms with Gasteiger partial charge in [-0.3, -0.25) is 4.79 Å². The molecule has 0 fully saturated rings. The molecular formula is C24H18FN3O2. The molecule has 4 rings (SSSR count). The van der Waals surface area contributed by atoms with Crippen LogP contribution in [0.2, 0.25) is 0 Å². The monoisotopic (exact) mass is 399 g/mol. The average Bonchev–Trinajstić information content (AvgIpc) is 2.77. The number of rotatable bonds is 6. The van der Waals surface area contributed by atoms with Crippen LogP contribution >= 0.6 is 0 Å². The first-order valence-electron chi connectivity index (χ1n) is 9.30. The second-order valence-electron chi connectivity index (χ2n) is 6.40. The van der Waals surface area contributed by atoms with Crippen LogP contribution in [0.3, 0.4) is 0 Å². The minimum Gasteiger partial charge on any atom is -0.455 e. The van der Waals surface area contributed by atoms with Crippen molar-refractivity contribution in [2.75, 3.05) is 10.6 Å². The fourth-order valence-corrected chi connectivity index (χ4v) is 2.80. The van der Waals surface area contributed by atoms with Gasteiger partial charge in [-0.1, -0.05) is 42.5 Å². The van der Waals surface area contributed by atoms with Gasteiger partial charge >= 0.3 is 0 Å². The van der Waals surface area contributed by atoms with Gasteiger partial charge in [-0.25, -0.2) is 9.37 Å². The first kappa shape index (κ1) is 19.1. The van der Waals surface area contributed by atoms with Gasteiger partial charge in [0, 0.05) is 0 Å². The molecule has 0 aliphatic rings. The lowest BCUT2D eigenvalue weighted by Crippen LogP contribution is -2.13. The van der Waals surface area contributed by atoms with Crippen LogP contribution < -0.4 is 15.4 Å². The van der Waals surface area contributed by atoms with E-state index in [0.717, 1.165) is 11.4 Å². The molecule has 0 aliphatic heterocycles. The van der Waals surface area contributed by atoms with Crippen molar-refractivity contribution in [3.63, 3.8) is 0 Å². The second-order valence-corrected chi connectivity index (χ2v) is 6.40. The summed E-state index contributed by atoms with van der Waals surface area (Å²) in [6, 6.07) is 26.2. The zero-order valence-electron chi connectivity index (χ0n) is 15.9. The third-order valence-electron chi connectivity index (χ3n) is 4.26. The van der Waals surface area contributed by atoms with E-state index >= 15 is 0 Å². The number of nitrogens with zero attached hydrogens (tertiary/aromatic N) is 1. The van der Waals surface area contributed by atoms with Crippen LogP contribution in [-0.2, 0) is 0 Å². The molecule has 0 saturated carbocycles. The van der Waals surface area contributed by atoms with E-state index in [1.54, 1.807) is 18.2 Å². The standard InChI is InChI=1S/C24H18FN3O2/c25-20-11-5-4-10-19(20)24(29)27-17-14-15-23(26-16-17)28-21-12-6-7-13-22(21)30-18-8-2-1-3-9-18/h1-16H,(H,26,28)(H,27,29). The van der Waals surface area contributed by atoms with E-state index in [-0.39, 0.29) is 5.56 Å². The van der Waals surface area contributed by atoms with E-state index in [4.69, 9.17) is 4.74 Å². The number of carbonyl (C=O) groups is 1. The second kappa shape index (κ2) is 8.87. The maximum atomic E-state index is 13.7. The number of benzene rings is 3. The molecule has 0 saturated heterocycles. The fraction of sp³-hybridized carbons (Fsp3) is 0. The summed E-state index contributed by atoms with van der Waals surface area (Å²) in [6.45, 7) is 0. The Balaban J connectivity index is 1.45. The zero-order valence-corrected chi connectivity index (χ0v) is 15.9. The quantitative estimate of drug-likeness (QED) is 0.417. The maximum Gasteiger partial charge on any atom is 0.258 e. The molecule has 0 radical (unpaired) electrons. The van der Waals surface area contributed by atoms with Gasteiger partial charge in [0.25, 0.3) is 5.91 Å². The summed E-state index contributed by atoms with van der Waals surface area (Å²) in [6.07, 6.45) is 1.50. The molecule has 5 nitrogen and oxygen atoms in total. The van der Waals surface area contributed by atoms with E-state index in [9.17, 15) is 9.18 Å². The van der Waals surface area contributed by atoms with Gasteiger partial charge in [0.15, 0.2) is 5.75 Å². The summed E-state index contributed by atoms with van der Waals surface area (Å²) in [5, 5.41) is 5.85. The van der Waals surface area contributed by atoms with Gasteiger partial charge in [-0.05, 0) is 48.5 Å². The molecule has 2 N–H and O–H groups in total. The molecule has 1 heterocycles. The summed E-state index contributed by atoms with van der Waals surface area (Å²) < 4.78 is 19.7. The van der Waals surface area contributed by atoms with Crippen molar-refractivity contribution in [1.82, 2.24) is 4.98 Å². The largest absolute Gasteiger partial charge is 0.455 e. The molecule has 4 aromatic rings. The van der Waals surface area contributed by atoms with E-state index in [1.807, 2.05) is 54.6 Å². The summed E-state index contributed by atoms with van der Waals surface area (Å²) in [5.41, 5.74) is 1.19. The van der Waals surface area contributed by atoms with Gasteiger partial charge in [0.05, 0.1) is 23.1 Å². The Morgan fingerprint density at radius 2 is 1.57 bits per heavy atom. The van der Waals surface area contributed by atoms with Crippen LogP contribution in [0.25, 0.3) is 0 Å². The van der Waals surface area contributed by atoms with Crippen molar-refractivity contribution in [2.45, 2.75) is 0 Å². The number of anilines is 3. The molecule has 0 unspecified atom stereocenters. The van der Waals surface area contributed by atoms with Crippen LogP contribution in [0.5, 0.6) is 11.5 Å². The topological polar surface area (TPSA) is 63.2 Å². The minimum absolute atomic E-state index is 0.0216. The zero-order chi connectivity index (χ0) is 20.8. The molecular weight excluding hydrogens is 381 g/mol. The number of pyridine rings is 1. The van der Waals surface area contributed by atoms with Gasteiger partial charge < -0.3 is 15.4 Å². The summed E-state index contributed by atoms with van der Waals surface area (Å²) in [5.74, 6) is 0.852. The summed E-state index contributed by atoms with van der Waals surface area (Å²) >= 11 is 0. The molecule has 1 aromatic heterocycles. The van der Waals surface area contributed by atoms with Crippen molar-refractivity contribution in [2.24, 2.45) is 0 Å². The van der Waals surface area contributed by atoms with Crippen LogP contribution in [0.15, 0.2) is 97.2 Å². The lowest BCUT2D eigenvalue weighted by Gasteiger charge is -2.13. The number of hydrogen-bond acceptors (Lipinski definition) is 4. The summed E-state index contributed by atoms with van der Waals surface area (Å²) in [4.78, 5) is 16.5. The van der Waals surface area contributed by atoms with E-state index in [2.05, 4.69) is 15.6 Å². The van der Waals surface area contributed by atoms with Gasteiger partial charge in [0.2, 0.25) is 0 Å².